The van der Waals surface area contributed by atoms with Gasteiger partial charge in [-0.3, -0.25) is 16.0 Å². The van der Waals surface area contributed by atoms with Crippen LogP contribution in [0.2, 0.25) is 0 Å². The second-order valence-electron chi connectivity index (χ2n) is 6.65. The Labute approximate surface area is 111 Å². The van der Waals surface area contributed by atoms with Crippen LogP contribution in [0.15, 0.2) is 12.3 Å². The van der Waals surface area contributed by atoms with E-state index >= 15 is 0 Å². The topological polar surface area (TPSA) is 55.9 Å². The lowest BCUT2D eigenvalue weighted by molar-refractivity contribution is 0.274. The molecule has 0 bridgehead atoms. The molecule has 0 aliphatic heterocycles. The molecule has 4 nitrogen and oxygen atoms in total. The number of rotatable bonds is 6. The van der Waals surface area contributed by atoms with Gasteiger partial charge in [0.15, 0.2) is 0 Å². The van der Waals surface area contributed by atoms with Gasteiger partial charge in [-0.2, -0.15) is 5.10 Å². The lowest BCUT2D eigenvalue weighted by Crippen LogP contribution is -2.38. The van der Waals surface area contributed by atoms with Crippen LogP contribution >= 0.6 is 0 Å². The summed E-state index contributed by atoms with van der Waals surface area (Å²) < 4.78 is 1.83. The van der Waals surface area contributed by atoms with E-state index in [1.807, 2.05) is 17.9 Å². The molecule has 104 valence electrons. The Balaban J connectivity index is 2.46. The molecule has 0 saturated carbocycles. The highest BCUT2D eigenvalue weighted by Gasteiger charge is 2.19. The van der Waals surface area contributed by atoms with Gasteiger partial charge in [0, 0.05) is 25.7 Å². The molecule has 18 heavy (non-hydrogen) atoms. The molecule has 0 radical (unpaired) electrons. The lowest BCUT2D eigenvalue weighted by Gasteiger charge is -2.26. The lowest BCUT2D eigenvalue weighted by atomic mass is 9.82. The Hall–Kier alpha value is -0.870. The molecule has 1 heterocycles. The minimum absolute atomic E-state index is 0.303. The van der Waals surface area contributed by atoms with Crippen LogP contribution in [-0.2, 0) is 13.5 Å². The van der Waals surface area contributed by atoms with Gasteiger partial charge in [0.25, 0.3) is 0 Å². The molecule has 0 aliphatic rings. The van der Waals surface area contributed by atoms with E-state index in [1.54, 1.807) is 0 Å². The number of hydrogen-bond acceptors (Lipinski definition) is 3. The summed E-state index contributed by atoms with van der Waals surface area (Å²) in [7, 11) is 1.94. The molecule has 0 aliphatic carbocycles. The van der Waals surface area contributed by atoms with Crippen molar-refractivity contribution in [2.45, 2.75) is 53.0 Å². The van der Waals surface area contributed by atoms with Gasteiger partial charge in [0.05, 0.1) is 5.69 Å². The van der Waals surface area contributed by atoms with Crippen LogP contribution in [0.1, 0.15) is 46.2 Å². The Bertz CT molecular complexity index is 351. The van der Waals surface area contributed by atoms with Crippen molar-refractivity contribution in [3.05, 3.63) is 18.0 Å². The molecule has 0 aromatic carbocycles. The van der Waals surface area contributed by atoms with Crippen molar-refractivity contribution in [1.82, 2.24) is 15.2 Å². The Kier molecular flexibility index (Phi) is 5.35. The minimum Gasteiger partial charge on any atom is -0.276 e. The summed E-state index contributed by atoms with van der Waals surface area (Å²) in [6.45, 7) is 9.15. The second kappa shape index (κ2) is 6.34. The summed E-state index contributed by atoms with van der Waals surface area (Å²) >= 11 is 0. The molecule has 1 rings (SSSR count). The summed E-state index contributed by atoms with van der Waals surface area (Å²) in [4.78, 5) is 0. The fraction of sp³-hybridized carbons (Fsp3) is 0.786. The molecule has 1 aromatic heterocycles. The molecule has 2 unspecified atom stereocenters. The first kappa shape index (κ1) is 15.2. The summed E-state index contributed by atoms with van der Waals surface area (Å²) in [6, 6.07) is 2.36. The SMILES string of the molecule is CC(CC(Cc1ccn(C)n1)NN)CC(C)(C)C. The number of hydrazine groups is 1. The number of hydrogen-bond donors (Lipinski definition) is 2. The average molecular weight is 252 g/mol. The zero-order valence-corrected chi connectivity index (χ0v) is 12.4. The van der Waals surface area contributed by atoms with Crippen LogP contribution in [0, 0.1) is 11.3 Å². The Morgan fingerprint density at radius 1 is 1.44 bits per heavy atom. The van der Waals surface area contributed by atoms with Crippen molar-refractivity contribution in [1.29, 1.82) is 0 Å². The van der Waals surface area contributed by atoms with Crippen LogP contribution < -0.4 is 11.3 Å². The van der Waals surface area contributed by atoms with E-state index in [0.717, 1.165) is 18.5 Å². The normalized spacial score (nSPS) is 15.7. The highest BCUT2D eigenvalue weighted by atomic mass is 15.3. The standard InChI is InChI=1S/C14H28N4/c1-11(10-14(2,3)4)8-13(16-15)9-12-6-7-18(5)17-12/h6-7,11,13,16H,8-10,15H2,1-5H3. The van der Waals surface area contributed by atoms with Crippen LogP contribution in [0.25, 0.3) is 0 Å². The summed E-state index contributed by atoms with van der Waals surface area (Å²) in [5, 5.41) is 4.40. The number of aromatic nitrogens is 2. The maximum absolute atomic E-state index is 5.65. The van der Waals surface area contributed by atoms with E-state index in [1.165, 1.54) is 6.42 Å². The molecule has 0 fully saturated rings. The van der Waals surface area contributed by atoms with Gasteiger partial charge >= 0.3 is 0 Å². The van der Waals surface area contributed by atoms with Crippen molar-refractivity contribution < 1.29 is 0 Å². The van der Waals surface area contributed by atoms with Crippen molar-refractivity contribution in [3.63, 3.8) is 0 Å². The minimum atomic E-state index is 0.303. The number of nitrogens with two attached hydrogens (primary N) is 1. The number of aryl methyl sites for hydroxylation is 1. The van der Waals surface area contributed by atoms with Gasteiger partial charge in [0.2, 0.25) is 0 Å². The zero-order chi connectivity index (χ0) is 13.8. The highest BCUT2D eigenvalue weighted by Crippen LogP contribution is 2.27. The molecular formula is C14H28N4. The predicted molar refractivity (Wildman–Crippen MR) is 75.9 cm³/mol. The molecular weight excluding hydrogens is 224 g/mol. The van der Waals surface area contributed by atoms with Gasteiger partial charge in [-0.05, 0) is 30.2 Å². The summed E-state index contributed by atoms with van der Waals surface area (Å²) in [5.41, 5.74) is 4.41. The molecule has 0 saturated heterocycles. The smallest absolute Gasteiger partial charge is 0.0640 e. The van der Waals surface area contributed by atoms with Crippen LogP contribution in [0.3, 0.4) is 0 Å². The molecule has 0 spiro atoms. The highest BCUT2D eigenvalue weighted by molar-refractivity contribution is 5.01. The third-order valence-corrected chi connectivity index (χ3v) is 3.11. The van der Waals surface area contributed by atoms with Crippen LogP contribution in [0.5, 0.6) is 0 Å². The van der Waals surface area contributed by atoms with Gasteiger partial charge in [-0.25, -0.2) is 0 Å². The van der Waals surface area contributed by atoms with Crippen LogP contribution in [-0.4, -0.2) is 15.8 Å². The zero-order valence-electron chi connectivity index (χ0n) is 12.4. The van der Waals surface area contributed by atoms with E-state index in [2.05, 4.69) is 44.3 Å². The third kappa shape index (κ3) is 5.65. The van der Waals surface area contributed by atoms with Gasteiger partial charge in [-0.15, -0.1) is 0 Å². The van der Waals surface area contributed by atoms with Crippen molar-refractivity contribution in [2.75, 3.05) is 0 Å². The fourth-order valence-electron chi connectivity index (χ4n) is 2.65. The first-order valence-electron chi connectivity index (χ1n) is 6.75. The van der Waals surface area contributed by atoms with Crippen molar-refractivity contribution >= 4 is 0 Å². The van der Waals surface area contributed by atoms with Gasteiger partial charge in [0.1, 0.15) is 0 Å². The monoisotopic (exact) mass is 252 g/mol. The average Bonchev–Trinajstić information content (AvgIpc) is 2.60. The maximum Gasteiger partial charge on any atom is 0.0640 e. The van der Waals surface area contributed by atoms with Crippen molar-refractivity contribution in [3.8, 4) is 0 Å². The van der Waals surface area contributed by atoms with E-state index in [9.17, 15) is 0 Å². The maximum atomic E-state index is 5.65. The molecule has 2 atom stereocenters. The summed E-state index contributed by atoms with van der Waals surface area (Å²) in [6.07, 6.45) is 5.17. The van der Waals surface area contributed by atoms with Gasteiger partial charge < -0.3 is 0 Å². The van der Waals surface area contributed by atoms with Crippen LogP contribution in [0.4, 0.5) is 0 Å². The van der Waals surface area contributed by atoms with Gasteiger partial charge in [-0.1, -0.05) is 27.7 Å². The first-order valence-corrected chi connectivity index (χ1v) is 6.75. The Morgan fingerprint density at radius 3 is 2.56 bits per heavy atom. The molecule has 3 N–H and O–H groups in total. The van der Waals surface area contributed by atoms with Crippen molar-refractivity contribution in [2.24, 2.45) is 24.2 Å². The number of nitrogens with one attached hydrogen (secondary N) is 1. The summed E-state index contributed by atoms with van der Waals surface area (Å²) in [5.74, 6) is 6.32. The van der Waals surface area contributed by atoms with E-state index < -0.39 is 0 Å². The Morgan fingerprint density at radius 2 is 2.11 bits per heavy atom. The molecule has 0 amide bonds. The second-order valence-corrected chi connectivity index (χ2v) is 6.65. The predicted octanol–water partition coefficient (Wildman–Crippen LogP) is 2.26. The fourth-order valence-corrected chi connectivity index (χ4v) is 2.65. The molecule has 1 aromatic rings. The number of nitrogens with zero attached hydrogens (tertiary/aromatic N) is 2. The molecule has 4 heteroatoms. The first-order chi connectivity index (χ1) is 8.30. The van der Waals surface area contributed by atoms with E-state index in [-0.39, 0.29) is 0 Å². The third-order valence-electron chi connectivity index (χ3n) is 3.11. The van der Waals surface area contributed by atoms with E-state index in [4.69, 9.17) is 5.84 Å². The van der Waals surface area contributed by atoms with E-state index in [0.29, 0.717) is 17.4 Å². The largest absolute Gasteiger partial charge is 0.276 e. The quantitative estimate of drug-likeness (QED) is 0.603.